The number of rotatable bonds is 7. The van der Waals surface area contributed by atoms with Crippen LogP contribution in [0.2, 0.25) is 0 Å². The number of benzene rings is 1. The molecule has 0 atom stereocenters. The number of nitrogens with one attached hydrogen (secondary N) is 1. The van der Waals surface area contributed by atoms with Crippen LogP contribution in [0, 0.1) is 17.0 Å². The summed E-state index contributed by atoms with van der Waals surface area (Å²) in [6.07, 6.45) is 0. The summed E-state index contributed by atoms with van der Waals surface area (Å²) in [6, 6.07) is 8.05. The molecule has 0 fully saturated rings. The Bertz CT molecular complexity index is 1010. The largest absolute Gasteiger partial charge is 0.325 e. The van der Waals surface area contributed by atoms with Gasteiger partial charge >= 0.3 is 0 Å². The number of nitro benzene ring substituents is 1. The first-order valence-electron chi connectivity index (χ1n) is 8.52. The van der Waals surface area contributed by atoms with Crippen molar-refractivity contribution in [3.8, 4) is 11.4 Å². The Hall–Kier alpha value is -2.72. The molecular formula is C18H19N5O3S2. The Morgan fingerprint density at radius 3 is 2.79 bits per heavy atom. The van der Waals surface area contributed by atoms with Gasteiger partial charge in [-0.05, 0) is 32.9 Å². The molecule has 1 N–H and O–H groups in total. The van der Waals surface area contributed by atoms with Gasteiger partial charge in [0.25, 0.3) is 5.69 Å². The lowest BCUT2D eigenvalue weighted by Gasteiger charge is -2.13. The van der Waals surface area contributed by atoms with Crippen LogP contribution in [0.5, 0.6) is 0 Å². The van der Waals surface area contributed by atoms with Crippen LogP contribution in [-0.2, 0) is 4.79 Å². The number of nitrogens with zero attached hydrogens (tertiary/aromatic N) is 4. The first-order valence-corrected chi connectivity index (χ1v) is 10.4. The number of anilines is 1. The third-order valence-electron chi connectivity index (χ3n) is 3.84. The average Bonchev–Trinajstić information content (AvgIpc) is 3.26. The third-order valence-corrected chi connectivity index (χ3v) is 5.65. The smallest absolute Gasteiger partial charge is 0.271 e. The molecular weight excluding hydrogens is 398 g/mol. The Labute approximate surface area is 170 Å². The van der Waals surface area contributed by atoms with Gasteiger partial charge in [0, 0.05) is 39.7 Å². The molecule has 0 aliphatic heterocycles. The number of aryl methyl sites for hydroxylation is 1. The van der Waals surface area contributed by atoms with Gasteiger partial charge in [0.2, 0.25) is 5.91 Å². The zero-order chi connectivity index (χ0) is 20.3. The van der Waals surface area contributed by atoms with Crippen molar-refractivity contribution in [2.75, 3.05) is 11.1 Å². The normalized spacial score (nSPS) is 11.0. The number of non-ortho nitro benzene ring substituents is 1. The van der Waals surface area contributed by atoms with Crippen LogP contribution in [0.3, 0.4) is 0 Å². The van der Waals surface area contributed by atoms with E-state index in [-0.39, 0.29) is 23.4 Å². The van der Waals surface area contributed by atoms with Crippen molar-refractivity contribution in [1.29, 1.82) is 0 Å². The van der Waals surface area contributed by atoms with E-state index in [4.69, 9.17) is 0 Å². The molecule has 3 rings (SSSR count). The van der Waals surface area contributed by atoms with E-state index >= 15 is 0 Å². The molecule has 8 nitrogen and oxygen atoms in total. The van der Waals surface area contributed by atoms with Crippen molar-refractivity contribution in [2.45, 2.75) is 32.0 Å². The van der Waals surface area contributed by atoms with E-state index in [1.807, 2.05) is 30.7 Å². The number of carbonyl (C=O) groups excluding carboxylic acids is 1. The minimum Gasteiger partial charge on any atom is -0.325 e. The predicted octanol–water partition coefficient (Wildman–Crippen LogP) is 4.53. The number of hydrogen-bond acceptors (Lipinski definition) is 7. The van der Waals surface area contributed by atoms with Gasteiger partial charge in [0.05, 0.1) is 10.7 Å². The molecule has 1 amide bonds. The second kappa shape index (κ2) is 8.53. The summed E-state index contributed by atoms with van der Waals surface area (Å²) < 4.78 is 2.01. The zero-order valence-corrected chi connectivity index (χ0v) is 17.2. The Balaban J connectivity index is 1.70. The molecule has 2 heterocycles. The van der Waals surface area contributed by atoms with Gasteiger partial charge in [-0.1, -0.05) is 17.8 Å². The first kappa shape index (κ1) is 20.0. The molecule has 0 saturated heterocycles. The molecule has 10 heteroatoms. The van der Waals surface area contributed by atoms with Gasteiger partial charge in [-0.25, -0.2) is 0 Å². The van der Waals surface area contributed by atoms with Crippen LogP contribution >= 0.6 is 23.1 Å². The van der Waals surface area contributed by atoms with Gasteiger partial charge in [-0.3, -0.25) is 19.5 Å². The molecule has 0 spiro atoms. The lowest BCUT2D eigenvalue weighted by atomic mass is 10.3. The van der Waals surface area contributed by atoms with E-state index in [0.717, 1.165) is 11.4 Å². The summed E-state index contributed by atoms with van der Waals surface area (Å²) in [5.74, 6) is 0.633. The van der Waals surface area contributed by atoms with Gasteiger partial charge < -0.3 is 5.32 Å². The maximum atomic E-state index is 12.3. The molecule has 0 aliphatic rings. The standard InChI is InChI=1S/C18H19N5O3S2/c1-11(2)22-17(13-7-12(3)27-9-13)20-21-18(22)28-10-16(24)19-14-5-4-6-15(8-14)23(25)26/h4-9,11H,10H2,1-3H3,(H,19,24). The van der Waals surface area contributed by atoms with Crippen molar-refractivity contribution in [3.05, 3.63) is 50.7 Å². The lowest BCUT2D eigenvalue weighted by Crippen LogP contribution is -2.15. The van der Waals surface area contributed by atoms with Crippen LogP contribution in [0.25, 0.3) is 11.4 Å². The topological polar surface area (TPSA) is 103 Å². The fourth-order valence-electron chi connectivity index (χ4n) is 2.62. The minimum atomic E-state index is -0.497. The van der Waals surface area contributed by atoms with Crippen molar-refractivity contribution >= 4 is 40.4 Å². The molecule has 1 aromatic carbocycles. The number of aromatic nitrogens is 3. The van der Waals surface area contributed by atoms with E-state index in [1.54, 1.807) is 17.4 Å². The summed E-state index contributed by atoms with van der Waals surface area (Å²) in [5, 5.41) is 24.8. The highest BCUT2D eigenvalue weighted by Gasteiger charge is 2.18. The maximum Gasteiger partial charge on any atom is 0.271 e. The van der Waals surface area contributed by atoms with Gasteiger partial charge in [0.1, 0.15) is 0 Å². The van der Waals surface area contributed by atoms with Crippen LogP contribution in [0.1, 0.15) is 24.8 Å². The summed E-state index contributed by atoms with van der Waals surface area (Å²) >= 11 is 2.93. The van der Waals surface area contributed by atoms with E-state index in [1.165, 1.54) is 34.8 Å². The van der Waals surface area contributed by atoms with Gasteiger partial charge in [-0.15, -0.1) is 21.5 Å². The highest BCUT2D eigenvalue weighted by Crippen LogP contribution is 2.30. The van der Waals surface area contributed by atoms with Gasteiger partial charge in [-0.2, -0.15) is 0 Å². The molecule has 3 aromatic rings. The molecule has 0 unspecified atom stereocenters. The Morgan fingerprint density at radius 2 is 2.14 bits per heavy atom. The van der Waals surface area contributed by atoms with E-state index < -0.39 is 4.92 Å². The lowest BCUT2D eigenvalue weighted by molar-refractivity contribution is -0.384. The minimum absolute atomic E-state index is 0.0688. The molecule has 28 heavy (non-hydrogen) atoms. The molecule has 2 aromatic heterocycles. The highest BCUT2D eigenvalue weighted by atomic mass is 32.2. The predicted molar refractivity (Wildman–Crippen MR) is 111 cm³/mol. The van der Waals surface area contributed by atoms with E-state index in [2.05, 4.69) is 21.6 Å². The zero-order valence-electron chi connectivity index (χ0n) is 15.6. The van der Waals surface area contributed by atoms with Crippen molar-refractivity contribution in [1.82, 2.24) is 14.8 Å². The monoisotopic (exact) mass is 417 g/mol. The molecule has 0 bridgehead atoms. The number of nitro groups is 1. The Kier molecular flexibility index (Phi) is 6.10. The summed E-state index contributed by atoms with van der Waals surface area (Å²) in [4.78, 5) is 23.8. The fraction of sp³-hybridized carbons (Fsp3) is 0.278. The number of carbonyl (C=O) groups is 1. The van der Waals surface area contributed by atoms with Crippen LogP contribution in [0.4, 0.5) is 11.4 Å². The van der Waals surface area contributed by atoms with Crippen molar-refractivity contribution in [3.63, 3.8) is 0 Å². The first-order chi connectivity index (χ1) is 13.3. The van der Waals surface area contributed by atoms with Crippen molar-refractivity contribution < 1.29 is 9.72 Å². The van der Waals surface area contributed by atoms with Crippen LogP contribution in [-0.4, -0.2) is 31.3 Å². The van der Waals surface area contributed by atoms with Crippen LogP contribution < -0.4 is 5.32 Å². The molecule has 146 valence electrons. The molecule has 0 radical (unpaired) electrons. The number of hydrogen-bond donors (Lipinski definition) is 1. The Morgan fingerprint density at radius 1 is 1.36 bits per heavy atom. The summed E-state index contributed by atoms with van der Waals surface area (Å²) in [6.45, 7) is 6.12. The quantitative estimate of drug-likeness (QED) is 0.344. The maximum absolute atomic E-state index is 12.3. The van der Waals surface area contributed by atoms with E-state index in [9.17, 15) is 14.9 Å². The third kappa shape index (κ3) is 4.57. The molecule has 0 aliphatic carbocycles. The number of amides is 1. The summed E-state index contributed by atoms with van der Waals surface area (Å²) in [5.41, 5.74) is 1.33. The highest BCUT2D eigenvalue weighted by molar-refractivity contribution is 7.99. The molecule has 0 saturated carbocycles. The average molecular weight is 418 g/mol. The van der Waals surface area contributed by atoms with Crippen molar-refractivity contribution in [2.24, 2.45) is 0 Å². The van der Waals surface area contributed by atoms with E-state index in [0.29, 0.717) is 10.8 Å². The SMILES string of the molecule is Cc1cc(-c2nnc(SCC(=O)Nc3cccc([N+](=O)[O-])c3)n2C(C)C)cs1. The second-order valence-electron chi connectivity index (χ2n) is 6.36. The van der Waals surface area contributed by atoms with Gasteiger partial charge in [0.15, 0.2) is 11.0 Å². The number of thioether (sulfide) groups is 1. The van der Waals surface area contributed by atoms with Crippen LogP contribution in [0.15, 0.2) is 40.9 Å². The second-order valence-corrected chi connectivity index (χ2v) is 8.42. The number of thiophene rings is 1. The summed E-state index contributed by atoms with van der Waals surface area (Å²) in [7, 11) is 0. The fourth-order valence-corrected chi connectivity index (χ4v) is 4.17.